The van der Waals surface area contributed by atoms with Crippen molar-refractivity contribution in [2.45, 2.75) is 52.0 Å². The fraction of sp³-hybridized carbons (Fsp3) is 0.846. The molecule has 0 bridgehead atoms. The Morgan fingerprint density at radius 1 is 1.28 bits per heavy atom. The largest absolute Gasteiger partial charge is 0.385 e. The highest BCUT2D eigenvalue weighted by Crippen LogP contribution is 2.19. The van der Waals surface area contributed by atoms with E-state index in [1.165, 1.54) is 5.69 Å². The van der Waals surface area contributed by atoms with E-state index in [0.29, 0.717) is 17.8 Å². The number of methoxy groups -OCH3 is 1. The van der Waals surface area contributed by atoms with E-state index in [1.807, 2.05) is 4.68 Å². The van der Waals surface area contributed by atoms with Gasteiger partial charge in [0.25, 0.3) is 0 Å². The molecular formula is C13H24ClN3O. The molecule has 1 aromatic rings. The van der Waals surface area contributed by atoms with Crippen LogP contribution < -0.4 is 0 Å². The normalized spacial score (nSPS) is 13.2. The van der Waals surface area contributed by atoms with Crippen LogP contribution in [0, 0.1) is 5.92 Å². The Labute approximate surface area is 115 Å². The smallest absolute Gasteiger partial charge is 0.101 e. The summed E-state index contributed by atoms with van der Waals surface area (Å²) < 4.78 is 7.13. The molecule has 0 saturated heterocycles. The minimum atomic E-state index is 0.302. The summed E-state index contributed by atoms with van der Waals surface area (Å²) >= 11 is 5.93. The minimum Gasteiger partial charge on any atom is -0.385 e. The van der Waals surface area contributed by atoms with Gasteiger partial charge in [0.1, 0.15) is 5.69 Å². The first kappa shape index (κ1) is 15.4. The van der Waals surface area contributed by atoms with Crippen molar-refractivity contribution in [3.8, 4) is 0 Å². The van der Waals surface area contributed by atoms with Gasteiger partial charge in [-0.05, 0) is 32.1 Å². The van der Waals surface area contributed by atoms with E-state index < -0.39 is 0 Å². The molecule has 0 N–H and O–H groups in total. The van der Waals surface area contributed by atoms with Crippen LogP contribution in [0.4, 0.5) is 0 Å². The maximum Gasteiger partial charge on any atom is 0.101 e. The van der Waals surface area contributed by atoms with Gasteiger partial charge in [0.15, 0.2) is 0 Å². The number of rotatable bonds is 8. The van der Waals surface area contributed by atoms with E-state index in [4.69, 9.17) is 16.3 Å². The summed E-state index contributed by atoms with van der Waals surface area (Å²) in [4.78, 5) is 0. The molecule has 0 aliphatic carbocycles. The van der Waals surface area contributed by atoms with Gasteiger partial charge in [0.2, 0.25) is 0 Å². The highest BCUT2D eigenvalue weighted by molar-refractivity contribution is 6.16. The van der Waals surface area contributed by atoms with Crippen LogP contribution in [0.15, 0.2) is 0 Å². The van der Waals surface area contributed by atoms with Gasteiger partial charge in [0, 0.05) is 13.7 Å². The van der Waals surface area contributed by atoms with Crippen LogP contribution in [0.3, 0.4) is 0 Å². The molecule has 0 spiro atoms. The lowest BCUT2D eigenvalue weighted by molar-refractivity contribution is 0.177. The van der Waals surface area contributed by atoms with Gasteiger partial charge >= 0.3 is 0 Å². The summed E-state index contributed by atoms with van der Waals surface area (Å²) in [6, 6.07) is 0.302. The molecule has 0 aliphatic rings. The van der Waals surface area contributed by atoms with Gasteiger partial charge in [-0.2, -0.15) is 0 Å². The first-order valence-electron chi connectivity index (χ1n) is 6.58. The van der Waals surface area contributed by atoms with E-state index in [-0.39, 0.29) is 0 Å². The highest BCUT2D eigenvalue weighted by Gasteiger charge is 2.16. The molecule has 4 nitrogen and oxygen atoms in total. The van der Waals surface area contributed by atoms with E-state index in [9.17, 15) is 0 Å². The zero-order chi connectivity index (χ0) is 13.5. The third-order valence-electron chi connectivity index (χ3n) is 3.11. The van der Waals surface area contributed by atoms with Crippen LogP contribution in [-0.4, -0.2) is 28.7 Å². The predicted octanol–water partition coefficient (Wildman–Crippen LogP) is 3.20. The molecule has 0 aromatic carbocycles. The zero-order valence-electron chi connectivity index (χ0n) is 11.8. The van der Waals surface area contributed by atoms with Gasteiger partial charge in [-0.1, -0.05) is 19.1 Å². The molecular weight excluding hydrogens is 250 g/mol. The van der Waals surface area contributed by atoms with Crippen molar-refractivity contribution < 1.29 is 4.74 Å². The fourth-order valence-corrected chi connectivity index (χ4v) is 2.11. The Balaban J connectivity index is 2.79. The SMILES string of the molecule is COCCC(C)n1nnc(CCl)c1CCC(C)C. The highest BCUT2D eigenvalue weighted by atomic mass is 35.5. The van der Waals surface area contributed by atoms with Gasteiger partial charge in [0.05, 0.1) is 17.6 Å². The monoisotopic (exact) mass is 273 g/mol. The molecule has 18 heavy (non-hydrogen) atoms. The average molecular weight is 274 g/mol. The Morgan fingerprint density at radius 2 is 2.00 bits per heavy atom. The second kappa shape index (κ2) is 7.74. The molecule has 1 atom stereocenters. The molecule has 1 unspecified atom stereocenters. The average Bonchev–Trinajstić information content (AvgIpc) is 2.76. The second-order valence-electron chi connectivity index (χ2n) is 5.12. The molecule has 0 fully saturated rings. The minimum absolute atomic E-state index is 0.302. The Morgan fingerprint density at radius 3 is 2.56 bits per heavy atom. The number of hydrogen-bond donors (Lipinski definition) is 0. The fourth-order valence-electron chi connectivity index (χ4n) is 1.90. The predicted molar refractivity (Wildman–Crippen MR) is 73.9 cm³/mol. The quantitative estimate of drug-likeness (QED) is 0.683. The standard InChI is InChI=1S/C13H24ClN3O/c1-10(2)5-6-13-12(9-14)15-16-17(13)11(3)7-8-18-4/h10-11H,5-9H2,1-4H3. The molecule has 1 heterocycles. The Hall–Kier alpha value is -0.610. The first-order valence-corrected chi connectivity index (χ1v) is 7.11. The number of nitrogens with zero attached hydrogens (tertiary/aromatic N) is 3. The van der Waals surface area contributed by atoms with Gasteiger partial charge in [-0.15, -0.1) is 16.7 Å². The van der Waals surface area contributed by atoms with Crippen molar-refractivity contribution in [2.24, 2.45) is 5.92 Å². The van der Waals surface area contributed by atoms with Gasteiger partial charge < -0.3 is 4.74 Å². The lowest BCUT2D eigenvalue weighted by Gasteiger charge is -2.15. The Bertz CT molecular complexity index is 352. The van der Waals surface area contributed by atoms with Crippen LogP contribution in [0.25, 0.3) is 0 Å². The third kappa shape index (κ3) is 4.25. The molecule has 1 aromatic heterocycles. The van der Waals surface area contributed by atoms with Crippen LogP contribution in [0.2, 0.25) is 0 Å². The van der Waals surface area contributed by atoms with Gasteiger partial charge in [-0.25, -0.2) is 4.68 Å². The maximum absolute atomic E-state index is 5.93. The number of aromatic nitrogens is 3. The summed E-state index contributed by atoms with van der Waals surface area (Å²) in [6.07, 6.45) is 3.06. The van der Waals surface area contributed by atoms with Gasteiger partial charge in [-0.3, -0.25) is 0 Å². The van der Waals surface area contributed by atoms with E-state index in [2.05, 4.69) is 31.1 Å². The van der Waals surface area contributed by atoms with Crippen LogP contribution >= 0.6 is 11.6 Å². The number of halogens is 1. The van der Waals surface area contributed by atoms with E-state index in [0.717, 1.165) is 31.6 Å². The lowest BCUT2D eigenvalue weighted by atomic mass is 10.1. The van der Waals surface area contributed by atoms with Crippen molar-refractivity contribution in [2.75, 3.05) is 13.7 Å². The van der Waals surface area contributed by atoms with Crippen molar-refractivity contribution in [1.82, 2.24) is 15.0 Å². The first-order chi connectivity index (χ1) is 8.60. The van der Waals surface area contributed by atoms with Crippen LogP contribution in [-0.2, 0) is 17.0 Å². The number of ether oxygens (including phenoxy) is 1. The molecule has 1 rings (SSSR count). The molecule has 0 saturated carbocycles. The van der Waals surface area contributed by atoms with E-state index in [1.54, 1.807) is 7.11 Å². The number of alkyl halides is 1. The Kier molecular flexibility index (Phi) is 6.65. The molecule has 0 amide bonds. The summed E-state index contributed by atoms with van der Waals surface area (Å²) in [7, 11) is 1.72. The number of hydrogen-bond acceptors (Lipinski definition) is 3. The summed E-state index contributed by atoms with van der Waals surface area (Å²) in [5.74, 6) is 1.11. The molecule has 0 aliphatic heterocycles. The van der Waals surface area contributed by atoms with Crippen molar-refractivity contribution in [1.29, 1.82) is 0 Å². The zero-order valence-corrected chi connectivity index (χ0v) is 12.6. The summed E-state index contributed by atoms with van der Waals surface area (Å²) in [5.41, 5.74) is 2.10. The molecule has 5 heteroatoms. The summed E-state index contributed by atoms with van der Waals surface area (Å²) in [5, 5.41) is 8.43. The maximum atomic E-state index is 5.93. The summed E-state index contributed by atoms with van der Waals surface area (Å²) in [6.45, 7) is 7.33. The van der Waals surface area contributed by atoms with E-state index >= 15 is 0 Å². The van der Waals surface area contributed by atoms with Crippen molar-refractivity contribution in [3.05, 3.63) is 11.4 Å². The van der Waals surface area contributed by atoms with Crippen molar-refractivity contribution >= 4 is 11.6 Å². The van der Waals surface area contributed by atoms with Crippen molar-refractivity contribution in [3.63, 3.8) is 0 Å². The topological polar surface area (TPSA) is 39.9 Å². The molecule has 0 radical (unpaired) electrons. The van der Waals surface area contributed by atoms with Crippen LogP contribution in [0.5, 0.6) is 0 Å². The molecule has 104 valence electrons. The third-order valence-corrected chi connectivity index (χ3v) is 3.37. The lowest BCUT2D eigenvalue weighted by Crippen LogP contribution is -2.14. The second-order valence-corrected chi connectivity index (χ2v) is 5.39. The van der Waals surface area contributed by atoms with Crippen LogP contribution in [0.1, 0.15) is 51.0 Å².